The lowest BCUT2D eigenvalue weighted by Gasteiger charge is -2.13. The summed E-state index contributed by atoms with van der Waals surface area (Å²) in [4.78, 5) is 18.3. The van der Waals surface area contributed by atoms with Crippen LogP contribution in [0.15, 0.2) is 77.6 Å². The molecule has 4 nitrogen and oxygen atoms in total. The van der Waals surface area contributed by atoms with Gasteiger partial charge < -0.3 is 9.88 Å². The molecule has 1 aromatic heterocycles. The van der Waals surface area contributed by atoms with Crippen molar-refractivity contribution in [3.05, 3.63) is 83.4 Å². The van der Waals surface area contributed by atoms with E-state index in [1.165, 1.54) is 11.8 Å². The van der Waals surface area contributed by atoms with Crippen LogP contribution in [-0.2, 0) is 11.3 Å². The second kappa shape index (κ2) is 9.82. The van der Waals surface area contributed by atoms with E-state index in [1.807, 2.05) is 41.1 Å². The maximum absolute atomic E-state index is 12.5. The van der Waals surface area contributed by atoms with Crippen molar-refractivity contribution < 1.29 is 4.79 Å². The number of benzene rings is 2. The van der Waals surface area contributed by atoms with E-state index in [2.05, 4.69) is 16.9 Å². The van der Waals surface area contributed by atoms with Crippen LogP contribution in [0.2, 0.25) is 10.0 Å². The summed E-state index contributed by atoms with van der Waals surface area (Å²) in [7, 11) is 0. The summed E-state index contributed by atoms with van der Waals surface area (Å²) >= 11 is 13.7. The molecule has 144 valence electrons. The first-order chi connectivity index (χ1) is 13.5. The van der Waals surface area contributed by atoms with Gasteiger partial charge in [-0.15, -0.1) is 0 Å². The molecule has 3 aromatic rings. The number of amides is 1. The van der Waals surface area contributed by atoms with Crippen LogP contribution >= 0.6 is 35.0 Å². The molecule has 1 N–H and O–H groups in total. The fourth-order valence-electron chi connectivity index (χ4n) is 2.59. The molecular weight excluding hydrogens is 413 g/mol. The number of hydrogen-bond donors (Lipinski definition) is 1. The zero-order valence-corrected chi connectivity index (χ0v) is 17.4. The van der Waals surface area contributed by atoms with E-state index in [0.29, 0.717) is 22.2 Å². The standard InChI is InChI=1S/C21H19Cl2N3OS/c1-15(21(27)25-9-4-11-26-12-10-24-14-26)17-5-2-3-6-19(17)28-20-8-7-16(22)13-18(20)23/h2-3,5-8,10,12-14H,1,4,9,11H2,(H,25,27). The topological polar surface area (TPSA) is 46.9 Å². The van der Waals surface area contributed by atoms with Crippen molar-refractivity contribution in [1.29, 1.82) is 0 Å². The Morgan fingerprint density at radius 3 is 2.75 bits per heavy atom. The first-order valence-corrected chi connectivity index (χ1v) is 10.3. The monoisotopic (exact) mass is 431 g/mol. The van der Waals surface area contributed by atoms with E-state index in [9.17, 15) is 4.79 Å². The van der Waals surface area contributed by atoms with Gasteiger partial charge in [0.1, 0.15) is 0 Å². The van der Waals surface area contributed by atoms with Gasteiger partial charge in [-0.1, -0.05) is 59.7 Å². The Morgan fingerprint density at radius 1 is 1.18 bits per heavy atom. The number of halogens is 2. The lowest BCUT2D eigenvalue weighted by molar-refractivity contribution is -0.115. The largest absolute Gasteiger partial charge is 0.352 e. The fourth-order valence-corrected chi connectivity index (χ4v) is 4.09. The third-order valence-corrected chi connectivity index (χ3v) is 5.85. The molecule has 0 aliphatic heterocycles. The number of hydrogen-bond acceptors (Lipinski definition) is 3. The molecule has 0 unspecified atom stereocenters. The van der Waals surface area contributed by atoms with Gasteiger partial charge in [0.15, 0.2) is 0 Å². The first kappa shape index (κ1) is 20.5. The van der Waals surface area contributed by atoms with Crippen LogP contribution in [0.4, 0.5) is 0 Å². The van der Waals surface area contributed by atoms with E-state index < -0.39 is 0 Å². The predicted molar refractivity (Wildman–Crippen MR) is 116 cm³/mol. The van der Waals surface area contributed by atoms with Gasteiger partial charge in [-0.25, -0.2) is 4.98 Å². The average Bonchev–Trinajstić information content (AvgIpc) is 3.20. The number of imidazole rings is 1. The molecule has 0 aliphatic carbocycles. The highest BCUT2D eigenvalue weighted by atomic mass is 35.5. The highest BCUT2D eigenvalue weighted by Crippen LogP contribution is 2.38. The molecular formula is C21H19Cl2N3OS. The van der Waals surface area contributed by atoms with Gasteiger partial charge in [-0.05, 0) is 30.7 Å². The molecule has 0 fully saturated rings. The zero-order chi connectivity index (χ0) is 19.9. The second-order valence-electron chi connectivity index (χ2n) is 6.06. The lowest BCUT2D eigenvalue weighted by Crippen LogP contribution is -2.25. The minimum Gasteiger partial charge on any atom is -0.352 e. The minimum atomic E-state index is -0.180. The number of aryl methyl sites for hydroxylation is 1. The van der Waals surface area contributed by atoms with Crippen molar-refractivity contribution in [2.24, 2.45) is 0 Å². The summed E-state index contributed by atoms with van der Waals surface area (Å²) in [6.07, 6.45) is 6.21. The van der Waals surface area contributed by atoms with E-state index in [4.69, 9.17) is 23.2 Å². The molecule has 0 saturated heterocycles. The molecule has 0 spiro atoms. The van der Waals surface area contributed by atoms with Crippen molar-refractivity contribution >= 4 is 46.4 Å². The van der Waals surface area contributed by atoms with Crippen LogP contribution in [0.5, 0.6) is 0 Å². The molecule has 3 rings (SSSR count). The summed E-state index contributed by atoms with van der Waals surface area (Å²) in [5.74, 6) is -0.180. The third-order valence-electron chi connectivity index (χ3n) is 4.04. The summed E-state index contributed by atoms with van der Waals surface area (Å²) in [6, 6.07) is 13.0. The van der Waals surface area contributed by atoms with Crippen LogP contribution < -0.4 is 5.32 Å². The molecule has 1 heterocycles. The Labute approximate surface area is 178 Å². The fraction of sp³-hybridized carbons (Fsp3) is 0.143. The predicted octanol–water partition coefficient (Wildman–Crippen LogP) is 5.56. The van der Waals surface area contributed by atoms with Crippen molar-refractivity contribution in [2.45, 2.75) is 22.8 Å². The Hall–Kier alpha value is -2.21. The molecule has 28 heavy (non-hydrogen) atoms. The molecule has 0 bridgehead atoms. The van der Waals surface area contributed by atoms with Crippen molar-refractivity contribution in [3.63, 3.8) is 0 Å². The Morgan fingerprint density at radius 2 is 2.00 bits per heavy atom. The molecule has 0 aliphatic rings. The van der Waals surface area contributed by atoms with Gasteiger partial charge in [-0.3, -0.25) is 4.79 Å². The SMILES string of the molecule is C=C(C(=O)NCCCn1ccnc1)c1ccccc1Sc1ccc(Cl)cc1Cl. The number of aromatic nitrogens is 2. The van der Waals surface area contributed by atoms with E-state index in [-0.39, 0.29) is 5.91 Å². The van der Waals surface area contributed by atoms with Crippen LogP contribution in [0.25, 0.3) is 5.57 Å². The second-order valence-corrected chi connectivity index (χ2v) is 7.99. The number of nitrogens with one attached hydrogen (secondary N) is 1. The van der Waals surface area contributed by atoms with Crippen LogP contribution in [0.3, 0.4) is 0 Å². The molecule has 1 amide bonds. The maximum Gasteiger partial charge on any atom is 0.251 e. The highest BCUT2D eigenvalue weighted by molar-refractivity contribution is 7.99. The number of carbonyl (C=O) groups excluding carboxylic acids is 1. The van der Waals surface area contributed by atoms with Gasteiger partial charge in [0, 0.05) is 51.4 Å². The van der Waals surface area contributed by atoms with Crippen LogP contribution in [0.1, 0.15) is 12.0 Å². The van der Waals surface area contributed by atoms with Gasteiger partial charge in [0.25, 0.3) is 5.91 Å². The Kier molecular flexibility index (Phi) is 7.20. The number of carbonyl (C=O) groups is 1. The van der Waals surface area contributed by atoms with E-state index >= 15 is 0 Å². The molecule has 7 heteroatoms. The molecule has 0 saturated carbocycles. The summed E-state index contributed by atoms with van der Waals surface area (Å²) < 4.78 is 1.97. The van der Waals surface area contributed by atoms with Crippen LogP contribution in [0, 0.1) is 0 Å². The number of rotatable bonds is 8. The van der Waals surface area contributed by atoms with E-state index in [1.54, 1.807) is 24.7 Å². The van der Waals surface area contributed by atoms with Gasteiger partial charge in [0.05, 0.1) is 11.3 Å². The summed E-state index contributed by atoms with van der Waals surface area (Å²) in [5, 5.41) is 4.08. The van der Waals surface area contributed by atoms with Crippen molar-refractivity contribution in [2.75, 3.05) is 6.54 Å². The van der Waals surface area contributed by atoms with Gasteiger partial charge in [-0.2, -0.15) is 0 Å². The van der Waals surface area contributed by atoms with Crippen molar-refractivity contribution in [1.82, 2.24) is 14.9 Å². The Balaban J connectivity index is 1.63. The van der Waals surface area contributed by atoms with E-state index in [0.717, 1.165) is 28.3 Å². The lowest BCUT2D eigenvalue weighted by atomic mass is 10.1. The van der Waals surface area contributed by atoms with Crippen LogP contribution in [-0.4, -0.2) is 22.0 Å². The summed E-state index contributed by atoms with van der Waals surface area (Å²) in [6.45, 7) is 5.36. The molecule has 0 atom stereocenters. The summed E-state index contributed by atoms with van der Waals surface area (Å²) in [5.41, 5.74) is 1.21. The first-order valence-electron chi connectivity index (χ1n) is 8.70. The normalized spacial score (nSPS) is 10.6. The number of nitrogens with zero attached hydrogens (tertiary/aromatic N) is 2. The van der Waals surface area contributed by atoms with Crippen molar-refractivity contribution in [3.8, 4) is 0 Å². The zero-order valence-electron chi connectivity index (χ0n) is 15.1. The van der Waals surface area contributed by atoms with Gasteiger partial charge in [0.2, 0.25) is 0 Å². The minimum absolute atomic E-state index is 0.180. The Bertz CT molecular complexity index is 974. The highest BCUT2D eigenvalue weighted by Gasteiger charge is 2.14. The maximum atomic E-state index is 12.5. The molecule has 2 aromatic carbocycles. The quantitative estimate of drug-likeness (QED) is 0.375. The molecule has 0 radical (unpaired) electrons. The average molecular weight is 432 g/mol. The third kappa shape index (κ3) is 5.41. The van der Waals surface area contributed by atoms with Gasteiger partial charge >= 0.3 is 0 Å². The smallest absolute Gasteiger partial charge is 0.251 e.